The van der Waals surface area contributed by atoms with Gasteiger partial charge in [-0.05, 0) is 44.2 Å². The van der Waals surface area contributed by atoms with E-state index in [0.717, 1.165) is 0 Å². The number of halogens is 1. The maximum Gasteiger partial charge on any atom is 0.190 e. The lowest BCUT2D eigenvalue weighted by Crippen LogP contribution is -2.24. The number of nitrogens with zero attached hydrogens (tertiary/aromatic N) is 4. The van der Waals surface area contributed by atoms with Gasteiger partial charge in [-0.2, -0.15) is 4.80 Å². The third kappa shape index (κ3) is 3.64. The first-order valence-electron chi connectivity index (χ1n) is 6.49. The highest BCUT2D eigenvalue weighted by Gasteiger charge is 2.24. The topological polar surface area (TPSA) is 87.0 Å². The molecule has 0 amide bonds. The van der Waals surface area contributed by atoms with Crippen LogP contribution in [0.1, 0.15) is 26.6 Å². The summed E-state index contributed by atoms with van der Waals surface area (Å²) in [4.78, 5) is 1.49. The molecule has 0 aliphatic rings. The van der Waals surface area contributed by atoms with Gasteiger partial charge in [0.25, 0.3) is 0 Å². The maximum atomic E-state index is 12.6. The van der Waals surface area contributed by atoms with E-state index in [0.29, 0.717) is 4.47 Å². The lowest BCUT2D eigenvalue weighted by atomic mass is 10.1. The highest BCUT2D eigenvalue weighted by atomic mass is 79.9. The zero-order valence-corrected chi connectivity index (χ0v) is 15.1. The van der Waals surface area contributed by atoms with Crippen molar-refractivity contribution in [1.29, 1.82) is 0 Å². The first kappa shape index (κ1) is 16.9. The molecule has 120 valence electrons. The van der Waals surface area contributed by atoms with Crippen LogP contribution in [0, 0.1) is 0 Å². The monoisotopic (exact) mass is 388 g/mol. The molecule has 22 heavy (non-hydrogen) atoms. The number of ether oxygens (including phenoxy) is 1. The average Bonchev–Trinajstić information content (AvgIpc) is 2.86. The molecule has 0 N–H and O–H groups in total. The number of aromatic nitrogens is 4. The average molecular weight is 389 g/mol. The molecule has 0 saturated heterocycles. The van der Waals surface area contributed by atoms with Crippen LogP contribution >= 0.6 is 15.9 Å². The largest absolute Gasteiger partial charge is 0.495 e. The molecule has 1 heterocycles. The SMILES string of the molecule is COc1ccc(Br)cc1S(=O)(=O)Cc1nnn(C(C)(C)C)n1. The molecule has 1 aromatic carbocycles. The Balaban J connectivity index is 2.36. The number of methoxy groups -OCH3 is 1. The van der Waals surface area contributed by atoms with Gasteiger partial charge in [-0.1, -0.05) is 15.9 Å². The van der Waals surface area contributed by atoms with Gasteiger partial charge in [0.05, 0.1) is 12.6 Å². The van der Waals surface area contributed by atoms with Gasteiger partial charge in [0, 0.05) is 4.47 Å². The first-order valence-corrected chi connectivity index (χ1v) is 8.94. The van der Waals surface area contributed by atoms with Crippen molar-refractivity contribution in [3.8, 4) is 5.75 Å². The van der Waals surface area contributed by atoms with E-state index in [4.69, 9.17) is 4.74 Å². The fraction of sp³-hybridized carbons (Fsp3) is 0.462. The van der Waals surface area contributed by atoms with E-state index in [-0.39, 0.29) is 27.8 Å². The van der Waals surface area contributed by atoms with Gasteiger partial charge >= 0.3 is 0 Å². The first-order chi connectivity index (χ1) is 10.1. The van der Waals surface area contributed by atoms with E-state index in [1.54, 1.807) is 12.1 Å². The number of hydrogen-bond acceptors (Lipinski definition) is 6. The maximum absolute atomic E-state index is 12.6. The molecule has 0 bridgehead atoms. The van der Waals surface area contributed by atoms with E-state index in [1.807, 2.05) is 20.8 Å². The Morgan fingerprint density at radius 3 is 2.55 bits per heavy atom. The summed E-state index contributed by atoms with van der Waals surface area (Å²) in [5, 5.41) is 11.9. The van der Waals surface area contributed by atoms with E-state index >= 15 is 0 Å². The van der Waals surface area contributed by atoms with Gasteiger partial charge in [0.2, 0.25) is 0 Å². The van der Waals surface area contributed by atoms with Crippen molar-refractivity contribution in [2.24, 2.45) is 0 Å². The minimum absolute atomic E-state index is 0.0940. The molecule has 0 saturated carbocycles. The Labute approximate surface area is 137 Å². The summed E-state index contributed by atoms with van der Waals surface area (Å²) in [6.07, 6.45) is 0. The second-order valence-electron chi connectivity index (χ2n) is 5.72. The molecule has 2 aromatic rings. The number of hydrogen-bond donors (Lipinski definition) is 0. The van der Waals surface area contributed by atoms with Gasteiger partial charge in [0.15, 0.2) is 15.7 Å². The minimum atomic E-state index is -3.64. The van der Waals surface area contributed by atoms with Crippen molar-refractivity contribution in [1.82, 2.24) is 20.2 Å². The summed E-state index contributed by atoms with van der Waals surface area (Å²) in [5.41, 5.74) is -0.359. The molecular formula is C13H17BrN4O3S. The Morgan fingerprint density at radius 2 is 2.00 bits per heavy atom. The number of benzene rings is 1. The molecule has 0 spiro atoms. The highest BCUT2D eigenvalue weighted by molar-refractivity contribution is 9.10. The lowest BCUT2D eigenvalue weighted by Gasteiger charge is -2.15. The zero-order valence-electron chi connectivity index (χ0n) is 12.7. The molecule has 7 nitrogen and oxygen atoms in total. The lowest BCUT2D eigenvalue weighted by molar-refractivity contribution is 0.305. The van der Waals surface area contributed by atoms with Crippen LogP contribution in [0.5, 0.6) is 5.75 Å². The molecule has 9 heteroatoms. The van der Waals surface area contributed by atoms with Crippen molar-refractivity contribution < 1.29 is 13.2 Å². The van der Waals surface area contributed by atoms with Gasteiger partial charge < -0.3 is 4.74 Å². The predicted molar refractivity (Wildman–Crippen MR) is 84.4 cm³/mol. The van der Waals surface area contributed by atoms with Gasteiger partial charge in [0.1, 0.15) is 16.4 Å². The Bertz CT molecular complexity index is 781. The smallest absolute Gasteiger partial charge is 0.190 e. The summed E-state index contributed by atoms with van der Waals surface area (Å²) in [7, 11) is -2.22. The van der Waals surface area contributed by atoms with Crippen molar-refractivity contribution >= 4 is 25.8 Å². The molecule has 0 fully saturated rings. The molecule has 0 atom stereocenters. The third-order valence-electron chi connectivity index (χ3n) is 2.83. The summed E-state index contributed by atoms with van der Waals surface area (Å²) in [6, 6.07) is 4.81. The Morgan fingerprint density at radius 1 is 1.32 bits per heavy atom. The van der Waals surface area contributed by atoms with Crippen molar-refractivity contribution in [2.75, 3.05) is 7.11 Å². The van der Waals surface area contributed by atoms with E-state index in [1.165, 1.54) is 18.0 Å². The fourth-order valence-corrected chi connectivity index (χ4v) is 3.61. The van der Waals surface area contributed by atoms with Crippen molar-refractivity contribution in [3.05, 3.63) is 28.5 Å². The number of sulfone groups is 1. The summed E-state index contributed by atoms with van der Waals surface area (Å²) < 4.78 is 30.9. The minimum Gasteiger partial charge on any atom is -0.495 e. The zero-order chi connectivity index (χ0) is 16.5. The molecule has 0 aliphatic carbocycles. The van der Waals surface area contributed by atoms with Crippen LogP contribution < -0.4 is 4.74 Å². The van der Waals surface area contributed by atoms with Crippen molar-refractivity contribution in [3.63, 3.8) is 0 Å². The molecule has 0 unspecified atom stereocenters. The van der Waals surface area contributed by atoms with Crippen LogP contribution in [0.15, 0.2) is 27.6 Å². The van der Waals surface area contributed by atoms with Gasteiger partial charge in [-0.15, -0.1) is 10.2 Å². The van der Waals surface area contributed by atoms with Crippen LogP contribution in [0.2, 0.25) is 0 Å². The normalized spacial score (nSPS) is 12.4. The Hall–Kier alpha value is -1.48. The Kier molecular flexibility index (Phi) is 4.57. The molecule has 0 aliphatic heterocycles. The summed E-state index contributed by atoms with van der Waals surface area (Å²) in [6.45, 7) is 5.72. The molecule has 1 aromatic heterocycles. The van der Waals surface area contributed by atoms with Crippen LogP contribution in [0.25, 0.3) is 0 Å². The van der Waals surface area contributed by atoms with Crippen molar-refractivity contribution in [2.45, 2.75) is 37.0 Å². The predicted octanol–water partition coefficient (Wildman–Crippen LogP) is 2.17. The number of rotatable bonds is 4. The third-order valence-corrected chi connectivity index (χ3v) is 4.96. The van der Waals surface area contributed by atoms with Crippen LogP contribution in [0.4, 0.5) is 0 Å². The van der Waals surface area contributed by atoms with E-state index in [2.05, 4.69) is 31.3 Å². The van der Waals surface area contributed by atoms with Gasteiger partial charge in [-0.3, -0.25) is 0 Å². The van der Waals surface area contributed by atoms with Crippen LogP contribution in [0.3, 0.4) is 0 Å². The molecule has 2 rings (SSSR count). The van der Waals surface area contributed by atoms with Crippen LogP contribution in [-0.4, -0.2) is 35.7 Å². The second kappa shape index (κ2) is 5.96. The molecular weight excluding hydrogens is 372 g/mol. The standard InChI is InChI=1S/C13H17BrN4O3S/c1-13(2,3)18-16-12(15-17-18)8-22(19,20)11-7-9(14)5-6-10(11)21-4/h5-7H,8H2,1-4H3. The molecule has 0 radical (unpaired) electrons. The second-order valence-corrected chi connectivity index (χ2v) is 8.59. The van der Waals surface area contributed by atoms with Gasteiger partial charge in [-0.25, -0.2) is 8.42 Å². The fourth-order valence-electron chi connectivity index (χ4n) is 1.73. The quantitative estimate of drug-likeness (QED) is 0.797. The highest BCUT2D eigenvalue weighted by Crippen LogP contribution is 2.29. The number of tetrazole rings is 1. The summed E-state index contributed by atoms with van der Waals surface area (Å²) in [5.74, 6) is 0.0963. The van der Waals surface area contributed by atoms with E-state index in [9.17, 15) is 8.42 Å². The van der Waals surface area contributed by atoms with E-state index < -0.39 is 9.84 Å². The van der Waals surface area contributed by atoms with Crippen LogP contribution in [-0.2, 0) is 21.1 Å². The summed E-state index contributed by atoms with van der Waals surface area (Å²) >= 11 is 3.27.